The minimum atomic E-state index is -2.41. The molecule has 17 heteroatoms. The van der Waals surface area contributed by atoms with E-state index < -0.39 is 118 Å². The lowest BCUT2D eigenvalue weighted by Gasteiger charge is -2.67. The smallest absolute Gasteiger partial charge is 0.408 e. The van der Waals surface area contributed by atoms with Gasteiger partial charge in [-0.1, -0.05) is 74.5 Å². The van der Waals surface area contributed by atoms with Gasteiger partial charge in [-0.05, 0) is 117 Å². The Bertz CT molecular complexity index is 2510. The van der Waals surface area contributed by atoms with Crippen LogP contribution in [-0.4, -0.2) is 111 Å². The average molecular weight is 1080 g/mol. The molecular weight excluding hydrogens is 1020 g/mol. The molecule has 3 aromatic rings. The number of ether oxygens (including phenoxy) is 6. The summed E-state index contributed by atoms with van der Waals surface area (Å²) in [5, 5.41) is 40.9. The van der Waals surface area contributed by atoms with E-state index in [1.165, 1.54) is 26.0 Å². The molecule has 16 nitrogen and oxygen atoms in total. The SMILES string of the molecule is CC(=O)O[C@@]12CO[C@@H]1C[C@H](O)[C@@]1(C)C(=O)[C@H](O)C3=C(C)[C@@H](OC(=O)[C@H](OC(=O)CCCc4ccc(I)cc4)[C@@H](NC(=O)OC(C)(C)C)c4ccccc4)C[C@@](O)([C@@H](OC(=O)c4ccccc4)[C@H]21)C3(C)C. The van der Waals surface area contributed by atoms with Crippen LogP contribution in [0.25, 0.3) is 0 Å². The van der Waals surface area contributed by atoms with E-state index in [-0.39, 0.29) is 36.2 Å². The Kier molecular flexibility index (Phi) is 15.1. The van der Waals surface area contributed by atoms with Crippen molar-refractivity contribution < 1.29 is 72.5 Å². The maximum absolute atomic E-state index is 15.2. The summed E-state index contributed by atoms with van der Waals surface area (Å²) >= 11 is 2.20. The molecule has 0 unspecified atom stereocenters. The van der Waals surface area contributed by atoms with Gasteiger partial charge in [0.25, 0.3) is 0 Å². The van der Waals surface area contributed by atoms with E-state index in [4.69, 9.17) is 28.4 Å². The second kappa shape index (κ2) is 20.1. The van der Waals surface area contributed by atoms with Gasteiger partial charge in [-0.2, -0.15) is 0 Å². The summed E-state index contributed by atoms with van der Waals surface area (Å²) in [5.41, 5.74) is -7.45. The Morgan fingerprint density at radius 2 is 1.54 bits per heavy atom. The normalized spacial score (nSPS) is 29.8. The Hall–Kier alpha value is -5.21. The van der Waals surface area contributed by atoms with Crippen molar-refractivity contribution in [3.8, 4) is 0 Å². The number of carbonyl (C=O) groups is 6. The minimum absolute atomic E-state index is 0.0664. The number of Topliss-reactive ketones (excluding diaryl/α,β-unsaturated/α-hetero) is 1. The van der Waals surface area contributed by atoms with Crippen molar-refractivity contribution >= 4 is 58.3 Å². The lowest BCUT2D eigenvalue weighted by Crippen LogP contribution is -2.81. The molecule has 376 valence electrons. The first kappa shape index (κ1) is 52.6. The Morgan fingerprint density at radius 1 is 0.914 bits per heavy atom. The molecule has 1 saturated heterocycles. The zero-order valence-corrected chi connectivity index (χ0v) is 42.7. The number of rotatable bonds is 13. The third kappa shape index (κ3) is 10.0. The van der Waals surface area contributed by atoms with E-state index in [2.05, 4.69) is 27.9 Å². The maximum atomic E-state index is 15.2. The molecule has 0 aromatic heterocycles. The van der Waals surface area contributed by atoms with Crippen molar-refractivity contribution in [2.24, 2.45) is 16.7 Å². The number of alkyl carbamates (subject to hydrolysis) is 1. The number of esters is 4. The molecule has 3 aromatic carbocycles. The average Bonchev–Trinajstić information content (AvgIpc) is 3.29. The van der Waals surface area contributed by atoms with Crippen LogP contribution < -0.4 is 5.32 Å². The quantitative estimate of drug-likeness (QED) is 0.0625. The molecule has 0 radical (unpaired) electrons. The van der Waals surface area contributed by atoms with Crippen molar-refractivity contribution in [1.82, 2.24) is 5.32 Å². The van der Waals surface area contributed by atoms with Gasteiger partial charge in [-0.25, -0.2) is 14.4 Å². The molecular formula is C53H62INO15. The highest BCUT2D eigenvalue weighted by molar-refractivity contribution is 14.1. The van der Waals surface area contributed by atoms with Gasteiger partial charge >= 0.3 is 30.0 Å². The summed E-state index contributed by atoms with van der Waals surface area (Å²) in [6.07, 6.45) is -10.9. The number of hydrogen-bond acceptors (Lipinski definition) is 15. The number of aliphatic hydroxyl groups excluding tert-OH is 2. The summed E-state index contributed by atoms with van der Waals surface area (Å²) in [7, 11) is 0. The third-order valence-electron chi connectivity index (χ3n) is 14.6. The van der Waals surface area contributed by atoms with Gasteiger partial charge < -0.3 is 49.1 Å². The van der Waals surface area contributed by atoms with Crippen molar-refractivity contribution in [3.63, 3.8) is 0 Å². The van der Waals surface area contributed by atoms with Crippen LogP contribution in [0.15, 0.2) is 96.1 Å². The third-order valence-corrected chi connectivity index (χ3v) is 15.3. The molecule has 2 bridgehead atoms. The van der Waals surface area contributed by atoms with E-state index in [0.717, 1.165) is 16.1 Å². The molecule has 3 aliphatic carbocycles. The van der Waals surface area contributed by atoms with E-state index in [9.17, 15) is 34.5 Å². The van der Waals surface area contributed by atoms with Crippen LogP contribution in [0, 0.1) is 20.3 Å². The lowest BCUT2D eigenvalue weighted by molar-refractivity contribution is -0.346. The van der Waals surface area contributed by atoms with Gasteiger partial charge in [0.15, 0.2) is 11.4 Å². The second-order valence-corrected chi connectivity index (χ2v) is 21.8. The Balaban J connectivity index is 1.34. The number of amides is 1. The van der Waals surface area contributed by atoms with E-state index in [1.54, 1.807) is 83.1 Å². The first-order chi connectivity index (χ1) is 32.8. The maximum Gasteiger partial charge on any atom is 0.408 e. The van der Waals surface area contributed by atoms with Crippen LogP contribution in [0.5, 0.6) is 0 Å². The van der Waals surface area contributed by atoms with Gasteiger partial charge in [0.1, 0.15) is 41.7 Å². The minimum Gasteiger partial charge on any atom is -0.455 e. The van der Waals surface area contributed by atoms with Gasteiger partial charge in [-0.15, -0.1) is 0 Å². The van der Waals surface area contributed by atoms with Crippen molar-refractivity contribution in [3.05, 3.63) is 116 Å². The van der Waals surface area contributed by atoms with Crippen LogP contribution in [0.1, 0.15) is 109 Å². The van der Waals surface area contributed by atoms with Crippen LogP contribution in [-0.2, 0) is 54.0 Å². The van der Waals surface area contributed by atoms with Gasteiger partial charge in [0, 0.05) is 35.2 Å². The fraction of sp³-hybridized carbons (Fsp3) is 0.509. The van der Waals surface area contributed by atoms with Crippen molar-refractivity contribution in [1.29, 1.82) is 0 Å². The van der Waals surface area contributed by atoms with Gasteiger partial charge in [-0.3, -0.25) is 14.4 Å². The molecule has 2 saturated carbocycles. The topological polar surface area (TPSA) is 231 Å². The van der Waals surface area contributed by atoms with Gasteiger partial charge in [0.2, 0.25) is 6.10 Å². The molecule has 1 heterocycles. The van der Waals surface area contributed by atoms with E-state index >= 15 is 9.59 Å². The fourth-order valence-electron chi connectivity index (χ4n) is 11.0. The number of ketones is 1. The highest BCUT2D eigenvalue weighted by Gasteiger charge is 2.78. The molecule has 11 atom stereocenters. The second-order valence-electron chi connectivity index (χ2n) is 20.5. The van der Waals surface area contributed by atoms with Crippen molar-refractivity contribution in [2.75, 3.05) is 6.61 Å². The van der Waals surface area contributed by atoms with Crippen LogP contribution in [0.4, 0.5) is 4.79 Å². The number of nitrogens with one attached hydrogen (secondary N) is 1. The van der Waals surface area contributed by atoms with E-state index in [0.29, 0.717) is 18.4 Å². The van der Waals surface area contributed by atoms with Gasteiger partial charge in [0.05, 0.1) is 29.6 Å². The summed E-state index contributed by atoms with van der Waals surface area (Å²) in [6.45, 7) is 11.8. The van der Waals surface area contributed by atoms with Crippen LogP contribution in [0.2, 0.25) is 0 Å². The monoisotopic (exact) mass is 1080 g/mol. The predicted octanol–water partition coefficient (Wildman–Crippen LogP) is 6.44. The number of fused-ring (bicyclic) bond motifs is 5. The molecule has 7 rings (SSSR count). The summed E-state index contributed by atoms with van der Waals surface area (Å²) in [4.78, 5) is 85.2. The molecule has 1 aliphatic heterocycles. The molecule has 4 aliphatic rings. The highest BCUT2D eigenvalue weighted by atomic mass is 127. The number of aliphatic hydroxyl groups is 3. The predicted molar refractivity (Wildman–Crippen MR) is 260 cm³/mol. The summed E-state index contributed by atoms with van der Waals surface area (Å²) in [5.74, 6) is -6.18. The summed E-state index contributed by atoms with van der Waals surface area (Å²) in [6, 6.07) is 22.5. The van der Waals surface area contributed by atoms with Crippen LogP contribution >= 0.6 is 22.6 Å². The summed E-state index contributed by atoms with van der Waals surface area (Å²) < 4.78 is 37.4. The molecule has 4 N–H and O–H groups in total. The Morgan fingerprint density at radius 3 is 2.13 bits per heavy atom. The zero-order valence-electron chi connectivity index (χ0n) is 40.6. The van der Waals surface area contributed by atoms with Crippen LogP contribution in [0.3, 0.4) is 0 Å². The number of halogens is 1. The molecule has 3 fully saturated rings. The zero-order chi connectivity index (χ0) is 51.1. The standard InChI is InChI=1S/C53H62INO15/c1-29-35(66-47(62)42(67-38(58)21-15-16-31-22-24-34(54)25-23-31)40(32-17-11-9-12-18-32)55-48(63)70-49(3,4)5)27-53(64)45(68-46(61)33-19-13-10-14-20-33)43-51(8,44(60)41(59)39(29)50(53,6)7)36(57)26-37-52(43,28-65-37)69-30(2)56/h9-14,17-20,22-25,35-37,40-43,45,57,59,64H,15-16,21,26-28H2,1-8H3,(H,55,63)/t35-,36-,37+,40-,41+,42+,43-,45-,51+,52-,53+/m0/s1. The number of hydrogen-bond donors (Lipinski definition) is 4. The first-order valence-electron chi connectivity index (χ1n) is 23.4. The molecule has 1 amide bonds. The number of carbonyl (C=O) groups excluding carboxylic acids is 6. The van der Waals surface area contributed by atoms with Crippen molar-refractivity contribution in [2.45, 2.75) is 147 Å². The lowest BCUT2D eigenvalue weighted by atomic mass is 9.44. The number of aryl methyl sites for hydroxylation is 1. The highest BCUT2D eigenvalue weighted by Crippen LogP contribution is 2.64. The largest absolute Gasteiger partial charge is 0.455 e. The number of benzene rings is 3. The molecule has 70 heavy (non-hydrogen) atoms. The first-order valence-corrected chi connectivity index (χ1v) is 24.5. The Labute approximate surface area is 420 Å². The molecule has 0 spiro atoms. The van der Waals surface area contributed by atoms with E-state index in [1.807, 2.05) is 24.3 Å². The fourth-order valence-corrected chi connectivity index (χ4v) is 11.3.